The molecule has 1 fully saturated rings. The van der Waals surface area contributed by atoms with E-state index in [9.17, 15) is 4.79 Å². The van der Waals surface area contributed by atoms with Crippen molar-refractivity contribution in [3.05, 3.63) is 119 Å². The van der Waals surface area contributed by atoms with E-state index in [4.69, 9.17) is 0 Å². The molecule has 3 aromatic carbocycles. The Kier molecular flexibility index (Phi) is 7.10. The predicted octanol–water partition coefficient (Wildman–Crippen LogP) is 6.54. The predicted molar refractivity (Wildman–Crippen MR) is 156 cm³/mol. The lowest BCUT2D eigenvalue weighted by Crippen LogP contribution is -2.51. The molecule has 0 aliphatic carbocycles. The lowest BCUT2D eigenvalue weighted by atomic mass is 9.51. The van der Waals surface area contributed by atoms with Gasteiger partial charge in [0.25, 0.3) is 5.91 Å². The Bertz CT molecular complexity index is 1300. The molecule has 37 heavy (non-hydrogen) atoms. The summed E-state index contributed by atoms with van der Waals surface area (Å²) >= 11 is 0. The van der Waals surface area contributed by atoms with Crippen LogP contribution in [0.3, 0.4) is 0 Å². The second-order valence-corrected chi connectivity index (χ2v) is 11.4. The molecule has 2 aliphatic heterocycles. The molecule has 3 aromatic rings. The third kappa shape index (κ3) is 5.29. The van der Waals surface area contributed by atoms with Crippen LogP contribution in [0.25, 0.3) is 0 Å². The Morgan fingerprint density at radius 1 is 0.865 bits per heavy atom. The molecule has 0 unspecified atom stereocenters. The smallest absolute Gasteiger partial charge is 0.320 e. The number of hydrogen-bond donors (Lipinski definition) is 0. The molecule has 0 atom stereocenters. The van der Waals surface area contributed by atoms with E-state index < -0.39 is 0 Å². The van der Waals surface area contributed by atoms with Crippen molar-refractivity contribution in [2.75, 3.05) is 17.9 Å². The Hall–Kier alpha value is -3.53. The Morgan fingerprint density at radius 2 is 1.51 bits per heavy atom. The van der Waals surface area contributed by atoms with E-state index in [1.54, 1.807) is 0 Å². The quantitative estimate of drug-likeness (QED) is 0.389. The third-order valence-electron chi connectivity index (χ3n) is 7.86. The summed E-state index contributed by atoms with van der Waals surface area (Å²) in [5.41, 5.74) is 7.45. The van der Waals surface area contributed by atoms with Crippen molar-refractivity contribution in [3.63, 3.8) is 0 Å². The highest BCUT2D eigenvalue weighted by molar-refractivity contribution is 6.82. The Labute approximate surface area is 222 Å². The van der Waals surface area contributed by atoms with Crippen LogP contribution in [0.5, 0.6) is 0 Å². The zero-order valence-corrected chi connectivity index (χ0v) is 22.5. The van der Waals surface area contributed by atoms with Crippen LogP contribution in [-0.4, -0.2) is 30.7 Å². The highest BCUT2D eigenvalue weighted by atomic mass is 16.2. The summed E-state index contributed by atoms with van der Waals surface area (Å²) in [5.74, 6) is 2.86. The summed E-state index contributed by atoms with van der Waals surface area (Å²) in [6, 6.07) is 27.5. The van der Waals surface area contributed by atoms with Crippen LogP contribution in [0.1, 0.15) is 55.1 Å². The van der Waals surface area contributed by atoms with Crippen LogP contribution in [0.2, 0.25) is 0 Å². The molecule has 1 saturated heterocycles. The normalized spacial score (nSPS) is 16.6. The molecule has 5 rings (SSSR count). The summed E-state index contributed by atoms with van der Waals surface area (Å²) < 4.78 is 0. The van der Waals surface area contributed by atoms with Gasteiger partial charge in [-0.2, -0.15) is 0 Å². The molecule has 1 amide bonds. The fourth-order valence-corrected chi connectivity index (χ4v) is 5.65. The molecule has 0 N–H and O–H groups in total. The van der Waals surface area contributed by atoms with Crippen LogP contribution in [-0.2, 0) is 5.41 Å². The molecule has 0 aromatic heterocycles. The first kappa shape index (κ1) is 25.1. The monoisotopic (exact) mass is 488 g/mol. The van der Waals surface area contributed by atoms with Gasteiger partial charge in [-0.3, -0.25) is 4.79 Å². The molecule has 0 bridgehead atoms. The van der Waals surface area contributed by atoms with E-state index in [0.29, 0.717) is 5.92 Å². The minimum atomic E-state index is 0.118. The van der Waals surface area contributed by atoms with E-state index in [2.05, 4.69) is 99.2 Å². The van der Waals surface area contributed by atoms with Crippen molar-refractivity contribution in [2.45, 2.75) is 46.0 Å². The minimum Gasteiger partial charge on any atom is -0.381 e. The van der Waals surface area contributed by atoms with Crippen LogP contribution < -0.4 is 10.3 Å². The molecular formula is C33H37BN2O. The van der Waals surface area contributed by atoms with Gasteiger partial charge in [0, 0.05) is 36.0 Å². The van der Waals surface area contributed by atoms with Crippen molar-refractivity contribution >= 4 is 23.9 Å². The van der Waals surface area contributed by atoms with Gasteiger partial charge in [-0.1, -0.05) is 93.0 Å². The molecule has 4 heteroatoms. The van der Waals surface area contributed by atoms with Crippen molar-refractivity contribution in [3.8, 4) is 0 Å². The zero-order chi connectivity index (χ0) is 26.0. The van der Waals surface area contributed by atoms with Gasteiger partial charge in [-0.05, 0) is 66.5 Å². The maximum atomic E-state index is 13.0. The van der Waals surface area contributed by atoms with Crippen LogP contribution in [0, 0.1) is 12.8 Å². The average Bonchev–Trinajstić information content (AvgIpc) is 2.93. The highest BCUT2D eigenvalue weighted by Crippen LogP contribution is 2.35. The number of piperidine rings is 1. The van der Waals surface area contributed by atoms with E-state index in [0.717, 1.165) is 31.5 Å². The summed E-state index contributed by atoms with van der Waals surface area (Å²) in [5, 5.41) is 0. The lowest BCUT2D eigenvalue weighted by Gasteiger charge is -2.42. The number of carbonyl (C=O) groups excluding carboxylic acids is 1. The van der Waals surface area contributed by atoms with Gasteiger partial charge in [-0.25, -0.2) is 0 Å². The van der Waals surface area contributed by atoms with Crippen LogP contribution >= 0.6 is 0 Å². The SMILES string of the molecule is Cc1ccccc1B1C=CC=C(C2CCN(C(=O)c3ccccc3)CC2)N1c1ccc(C(C)(C)C)cc1. The summed E-state index contributed by atoms with van der Waals surface area (Å²) in [6.07, 6.45) is 6.46. The molecule has 0 spiro atoms. The molecular weight excluding hydrogens is 451 g/mol. The second-order valence-electron chi connectivity index (χ2n) is 11.4. The number of rotatable bonds is 4. The maximum absolute atomic E-state index is 13.0. The van der Waals surface area contributed by atoms with Gasteiger partial charge in [-0.15, -0.1) is 0 Å². The van der Waals surface area contributed by atoms with E-state index in [1.807, 2.05) is 35.2 Å². The number of nitrogens with zero attached hydrogens (tertiary/aromatic N) is 2. The third-order valence-corrected chi connectivity index (χ3v) is 7.86. The molecule has 0 saturated carbocycles. The number of benzene rings is 3. The largest absolute Gasteiger partial charge is 0.381 e. The van der Waals surface area contributed by atoms with E-state index >= 15 is 0 Å². The van der Waals surface area contributed by atoms with Gasteiger partial charge < -0.3 is 9.71 Å². The maximum Gasteiger partial charge on any atom is 0.320 e. The van der Waals surface area contributed by atoms with Crippen molar-refractivity contribution < 1.29 is 4.79 Å². The fourth-order valence-electron chi connectivity index (χ4n) is 5.65. The van der Waals surface area contributed by atoms with Crippen molar-refractivity contribution in [1.29, 1.82) is 0 Å². The molecule has 2 aliphatic rings. The minimum absolute atomic E-state index is 0.118. The highest BCUT2D eigenvalue weighted by Gasteiger charge is 2.35. The topological polar surface area (TPSA) is 23.6 Å². The number of amides is 1. The van der Waals surface area contributed by atoms with Crippen LogP contribution in [0.15, 0.2) is 103 Å². The number of aryl methyl sites for hydroxylation is 1. The second kappa shape index (κ2) is 10.5. The molecule has 188 valence electrons. The fraction of sp³-hybridized carbons (Fsp3) is 0.303. The number of allylic oxidation sites excluding steroid dienone is 3. The van der Waals surface area contributed by atoms with Crippen molar-refractivity contribution in [2.24, 2.45) is 5.92 Å². The van der Waals surface area contributed by atoms with Gasteiger partial charge in [0.1, 0.15) is 0 Å². The first-order chi connectivity index (χ1) is 17.8. The molecule has 2 heterocycles. The Balaban J connectivity index is 1.43. The van der Waals surface area contributed by atoms with Gasteiger partial charge in [0.2, 0.25) is 0 Å². The number of carbonyl (C=O) groups is 1. The van der Waals surface area contributed by atoms with Crippen LogP contribution in [0.4, 0.5) is 5.69 Å². The number of likely N-dealkylation sites (tertiary alicyclic amines) is 1. The average molecular weight is 488 g/mol. The Morgan fingerprint density at radius 3 is 2.16 bits per heavy atom. The van der Waals surface area contributed by atoms with E-state index in [1.165, 1.54) is 28.0 Å². The lowest BCUT2D eigenvalue weighted by molar-refractivity contribution is 0.0702. The standard InChI is InChI=1S/C33H37BN2O/c1-25-11-8-9-14-30(25)34-22-10-15-31(36(34)29-18-16-28(17-19-29)33(2,3)4)26-20-23-35(24-21-26)32(37)27-12-6-5-7-13-27/h5-19,22,26H,20-21,23-24H2,1-4H3. The first-order valence-electron chi connectivity index (χ1n) is 13.5. The zero-order valence-electron chi connectivity index (χ0n) is 22.5. The van der Waals surface area contributed by atoms with E-state index in [-0.39, 0.29) is 18.2 Å². The summed E-state index contributed by atoms with van der Waals surface area (Å²) in [4.78, 5) is 17.6. The van der Waals surface area contributed by atoms with Gasteiger partial charge >= 0.3 is 6.85 Å². The molecule has 3 nitrogen and oxygen atoms in total. The number of anilines is 1. The summed E-state index contributed by atoms with van der Waals surface area (Å²) in [6.45, 7) is 10.7. The number of hydrogen-bond acceptors (Lipinski definition) is 2. The first-order valence-corrected chi connectivity index (χ1v) is 13.5. The van der Waals surface area contributed by atoms with Crippen molar-refractivity contribution in [1.82, 2.24) is 4.90 Å². The summed E-state index contributed by atoms with van der Waals surface area (Å²) in [7, 11) is 0. The molecule has 0 radical (unpaired) electrons. The van der Waals surface area contributed by atoms with Gasteiger partial charge in [0.15, 0.2) is 0 Å². The van der Waals surface area contributed by atoms with Gasteiger partial charge in [0.05, 0.1) is 0 Å².